The number of carbonyl (C=O) groups is 3. The van der Waals surface area contributed by atoms with Gasteiger partial charge in [0.2, 0.25) is 0 Å². The number of ketones is 1. The molecule has 1 aliphatic carbocycles. The van der Waals surface area contributed by atoms with Gasteiger partial charge < -0.3 is 10.4 Å². The van der Waals surface area contributed by atoms with Crippen LogP contribution in [0.15, 0.2) is 66.7 Å². The second-order valence-corrected chi connectivity index (χ2v) is 9.86. The monoisotopic (exact) mass is 527 g/mol. The van der Waals surface area contributed by atoms with Gasteiger partial charge in [-0.1, -0.05) is 48.0 Å². The molecule has 1 heterocycles. The fraction of sp³-hybridized carbons (Fsp3) is 0.233. The lowest BCUT2D eigenvalue weighted by Crippen LogP contribution is -2.31. The van der Waals surface area contributed by atoms with Gasteiger partial charge in [-0.3, -0.25) is 14.4 Å². The molecule has 0 fully saturated rings. The largest absolute Gasteiger partial charge is 0.481 e. The van der Waals surface area contributed by atoms with Gasteiger partial charge in [0.15, 0.2) is 5.78 Å². The van der Waals surface area contributed by atoms with Crippen LogP contribution in [0.1, 0.15) is 70.1 Å². The van der Waals surface area contributed by atoms with Crippen molar-refractivity contribution in [2.24, 2.45) is 0 Å². The summed E-state index contributed by atoms with van der Waals surface area (Å²) in [5.74, 6) is -1.48. The topological polar surface area (TPSA) is 109 Å². The van der Waals surface area contributed by atoms with Crippen LogP contribution in [0.2, 0.25) is 5.02 Å². The molecule has 38 heavy (non-hydrogen) atoms. The smallest absolute Gasteiger partial charge is 0.303 e. The third-order valence-corrected chi connectivity index (χ3v) is 7.03. The highest BCUT2D eigenvalue weighted by Crippen LogP contribution is 2.30. The first-order valence-corrected chi connectivity index (χ1v) is 13.0. The highest BCUT2D eigenvalue weighted by Gasteiger charge is 2.23. The van der Waals surface area contributed by atoms with Crippen molar-refractivity contribution in [3.05, 3.63) is 94.1 Å². The van der Waals surface area contributed by atoms with Crippen molar-refractivity contribution in [1.82, 2.24) is 15.3 Å². The lowest BCUT2D eigenvalue weighted by molar-refractivity contribution is -0.137. The van der Waals surface area contributed by atoms with E-state index in [1.165, 1.54) is 5.56 Å². The van der Waals surface area contributed by atoms with E-state index < -0.39 is 5.97 Å². The molecule has 0 bridgehead atoms. The summed E-state index contributed by atoms with van der Waals surface area (Å²) < 4.78 is 0. The van der Waals surface area contributed by atoms with Crippen molar-refractivity contribution in [3.8, 4) is 11.3 Å². The van der Waals surface area contributed by atoms with E-state index in [0.717, 1.165) is 24.8 Å². The number of fused-ring (bicyclic) bond motifs is 2. The number of aryl methyl sites for hydroxylation is 1. The van der Waals surface area contributed by atoms with E-state index in [1.807, 2.05) is 12.1 Å². The van der Waals surface area contributed by atoms with Gasteiger partial charge in [0.25, 0.3) is 5.91 Å². The number of aromatic nitrogens is 2. The second kappa shape index (κ2) is 11.1. The van der Waals surface area contributed by atoms with Gasteiger partial charge in [-0.05, 0) is 67.1 Å². The van der Waals surface area contributed by atoms with Crippen molar-refractivity contribution in [2.75, 3.05) is 0 Å². The number of benzene rings is 3. The second-order valence-electron chi connectivity index (χ2n) is 9.42. The van der Waals surface area contributed by atoms with Crippen LogP contribution in [-0.2, 0) is 11.2 Å². The predicted octanol–water partition coefficient (Wildman–Crippen LogP) is 6.20. The Morgan fingerprint density at radius 2 is 1.74 bits per heavy atom. The number of hydrogen-bond donors (Lipinski definition) is 2. The van der Waals surface area contributed by atoms with Crippen LogP contribution in [0.4, 0.5) is 0 Å². The van der Waals surface area contributed by atoms with E-state index in [-0.39, 0.29) is 42.7 Å². The van der Waals surface area contributed by atoms with Crippen LogP contribution < -0.4 is 5.32 Å². The summed E-state index contributed by atoms with van der Waals surface area (Å²) in [5.41, 5.74) is 5.00. The van der Waals surface area contributed by atoms with E-state index in [4.69, 9.17) is 21.7 Å². The molecule has 8 heteroatoms. The molecule has 0 saturated heterocycles. The number of carbonyl (C=O) groups excluding carboxylic acids is 2. The minimum atomic E-state index is -0.962. The zero-order chi connectivity index (χ0) is 26.6. The molecule has 192 valence electrons. The molecule has 2 N–H and O–H groups in total. The zero-order valence-corrected chi connectivity index (χ0v) is 21.4. The number of Topliss-reactive ketones (excluding diaryl/α,β-unsaturated/α-hetero) is 1. The Kier molecular flexibility index (Phi) is 7.47. The molecule has 7 nitrogen and oxygen atoms in total. The summed E-state index contributed by atoms with van der Waals surface area (Å²) in [6, 6.07) is 20.1. The van der Waals surface area contributed by atoms with E-state index >= 15 is 0 Å². The molecule has 1 unspecified atom stereocenters. The molecular weight excluding hydrogens is 502 g/mol. The number of carboxylic acids is 1. The maximum absolute atomic E-state index is 13.2. The number of nitrogens with zero attached hydrogens (tertiary/aromatic N) is 2. The third kappa shape index (κ3) is 5.58. The quantitative estimate of drug-likeness (QED) is 0.264. The van der Waals surface area contributed by atoms with Gasteiger partial charge in [0, 0.05) is 29.0 Å². The number of halogens is 1. The molecule has 1 amide bonds. The fourth-order valence-corrected chi connectivity index (χ4v) is 4.99. The summed E-state index contributed by atoms with van der Waals surface area (Å²) in [7, 11) is 0. The Balaban J connectivity index is 1.47. The maximum Gasteiger partial charge on any atom is 0.303 e. The van der Waals surface area contributed by atoms with Crippen LogP contribution >= 0.6 is 11.6 Å². The maximum atomic E-state index is 13.2. The summed E-state index contributed by atoms with van der Waals surface area (Å²) >= 11 is 6.04. The lowest BCUT2D eigenvalue weighted by atomic mass is 9.87. The van der Waals surface area contributed by atoms with Crippen molar-refractivity contribution in [2.45, 2.75) is 44.6 Å². The number of hydrogen-bond acceptors (Lipinski definition) is 5. The average Bonchev–Trinajstić information content (AvgIpc) is 2.92. The predicted molar refractivity (Wildman–Crippen MR) is 145 cm³/mol. The molecule has 0 radical (unpaired) electrons. The Morgan fingerprint density at radius 3 is 2.53 bits per heavy atom. The summed E-state index contributed by atoms with van der Waals surface area (Å²) in [6.45, 7) is 0. The van der Waals surface area contributed by atoms with Crippen LogP contribution in [0, 0.1) is 0 Å². The van der Waals surface area contributed by atoms with Crippen molar-refractivity contribution < 1.29 is 19.5 Å². The third-order valence-electron chi connectivity index (χ3n) is 6.78. The Morgan fingerprint density at radius 1 is 0.947 bits per heavy atom. The van der Waals surface area contributed by atoms with Crippen molar-refractivity contribution >= 4 is 40.3 Å². The average molecular weight is 528 g/mol. The molecule has 0 spiro atoms. The number of rotatable bonds is 8. The highest BCUT2D eigenvalue weighted by atomic mass is 35.5. The first-order chi connectivity index (χ1) is 18.4. The van der Waals surface area contributed by atoms with Crippen LogP contribution in [0.25, 0.3) is 22.3 Å². The van der Waals surface area contributed by atoms with Crippen LogP contribution in [0.3, 0.4) is 0 Å². The van der Waals surface area contributed by atoms with Crippen LogP contribution in [-0.4, -0.2) is 32.7 Å². The minimum absolute atomic E-state index is 0.0222. The van der Waals surface area contributed by atoms with Gasteiger partial charge in [0.1, 0.15) is 11.4 Å². The van der Waals surface area contributed by atoms with E-state index in [2.05, 4.69) is 22.4 Å². The van der Waals surface area contributed by atoms with E-state index in [1.54, 1.807) is 42.5 Å². The number of aliphatic carboxylic acids is 1. The fourth-order valence-electron chi connectivity index (χ4n) is 4.86. The van der Waals surface area contributed by atoms with E-state index in [9.17, 15) is 14.4 Å². The molecule has 0 aliphatic heterocycles. The number of amides is 1. The molecule has 3 aromatic carbocycles. The summed E-state index contributed by atoms with van der Waals surface area (Å²) in [6.07, 6.45) is 2.99. The molecule has 0 saturated carbocycles. The van der Waals surface area contributed by atoms with Gasteiger partial charge in [-0.2, -0.15) is 0 Å². The van der Waals surface area contributed by atoms with Crippen molar-refractivity contribution in [3.63, 3.8) is 0 Å². The SMILES string of the molecule is O=C(O)CCCC(=O)c1nc2cc(C(=O)NC3CCCc4ccccc43)ccc2nc1-c1ccc(Cl)cc1. The van der Waals surface area contributed by atoms with Crippen molar-refractivity contribution in [1.29, 1.82) is 0 Å². The number of carboxylic acid groups (broad SMARTS) is 1. The first-order valence-electron chi connectivity index (χ1n) is 12.6. The van der Waals surface area contributed by atoms with Gasteiger partial charge in [-0.15, -0.1) is 0 Å². The standard InChI is InChI=1S/C30H26ClN3O4/c31-21-14-11-19(12-15-21)28-29(26(35)9-4-10-27(36)37)33-25-17-20(13-16-24(25)32-28)30(38)34-23-8-3-6-18-5-1-2-7-22(18)23/h1-2,5,7,11-17,23H,3-4,6,8-10H2,(H,34,38)(H,36,37). The normalized spacial score (nSPS) is 14.6. The van der Waals surface area contributed by atoms with Gasteiger partial charge in [0.05, 0.1) is 17.1 Å². The zero-order valence-electron chi connectivity index (χ0n) is 20.6. The summed E-state index contributed by atoms with van der Waals surface area (Å²) in [5, 5.41) is 12.7. The van der Waals surface area contributed by atoms with E-state index in [0.29, 0.717) is 32.9 Å². The minimum Gasteiger partial charge on any atom is -0.481 e. The molecule has 5 rings (SSSR count). The van der Waals surface area contributed by atoms with Gasteiger partial charge >= 0.3 is 5.97 Å². The lowest BCUT2D eigenvalue weighted by Gasteiger charge is -2.26. The Hall–Kier alpha value is -4.10. The molecule has 1 aliphatic rings. The van der Waals surface area contributed by atoms with Gasteiger partial charge in [-0.25, -0.2) is 9.97 Å². The van der Waals surface area contributed by atoms with Crippen LogP contribution in [0.5, 0.6) is 0 Å². The molecule has 4 aromatic rings. The number of nitrogens with one attached hydrogen (secondary N) is 1. The first kappa shape index (κ1) is 25.5. The molecule has 1 atom stereocenters. The Labute approximate surface area is 224 Å². The summed E-state index contributed by atoms with van der Waals surface area (Å²) in [4.78, 5) is 46.6. The Bertz CT molecular complexity index is 1530. The molecule has 1 aromatic heterocycles. The molecular formula is C30H26ClN3O4. The highest BCUT2D eigenvalue weighted by molar-refractivity contribution is 6.30.